The molecule has 0 saturated carbocycles. The van der Waals surface area contributed by atoms with Crippen LogP contribution >= 0.6 is 35.0 Å². The first-order valence-corrected chi connectivity index (χ1v) is 9.40. The monoisotopic (exact) mass is 393 g/mol. The molecule has 0 atom stereocenters. The van der Waals surface area contributed by atoms with Crippen LogP contribution < -0.4 is 0 Å². The van der Waals surface area contributed by atoms with Gasteiger partial charge in [-0.2, -0.15) is 0 Å². The summed E-state index contributed by atoms with van der Waals surface area (Å²) in [6, 6.07) is 9.80. The van der Waals surface area contributed by atoms with Gasteiger partial charge >= 0.3 is 5.97 Å². The average molecular weight is 394 g/mol. The minimum absolute atomic E-state index is 0.309. The molecular weight excluding hydrogens is 377 g/mol. The van der Waals surface area contributed by atoms with Gasteiger partial charge in [-0.1, -0.05) is 41.0 Å². The van der Waals surface area contributed by atoms with Gasteiger partial charge in [0, 0.05) is 15.8 Å². The van der Waals surface area contributed by atoms with Crippen molar-refractivity contribution in [2.45, 2.75) is 30.6 Å². The molecule has 0 radical (unpaired) electrons. The molecule has 1 N–H and O–H groups in total. The summed E-state index contributed by atoms with van der Waals surface area (Å²) < 4.78 is 5.19. The summed E-state index contributed by atoms with van der Waals surface area (Å²) in [6.45, 7) is 6.19. The Balaban J connectivity index is 2.17. The predicted molar refractivity (Wildman–Crippen MR) is 104 cm³/mol. The summed E-state index contributed by atoms with van der Waals surface area (Å²) in [7, 11) is 0. The molecule has 130 valence electrons. The van der Waals surface area contributed by atoms with E-state index in [0.29, 0.717) is 22.3 Å². The molecule has 3 rings (SSSR count). The summed E-state index contributed by atoms with van der Waals surface area (Å²) in [5, 5.41) is 1.74. The zero-order valence-electron chi connectivity index (χ0n) is 14.1. The van der Waals surface area contributed by atoms with E-state index in [2.05, 4.69) is 37.0 Å². The number of aryl methyl sites for hydroxylation is 2. The number of carbonyl (C=O) groups is 1. The molecule has 0 aliphatic rings. The topological polar surface area (TPSA) is 42.1 Å². The maximum Gasteiger partial charge on any atom is 0.355 e. The highest BCUT2D eigenvalue weighted by Gasteiger charge is 2.21. The molecule has 3 aromatic rings. The number of esters is 1. The third-order valence-electron chi connectivity index (χ3n) is 3.69. The van der Waals surface area contributed by atoms with Gasteiger partial charge in [-0.3, -0.25) is 0 Å². The van der Waals surface area contributed by atoms with Crippen LogP contribution in [-0.2, 0) is 4.74 Å². The molecule has 3 nitrogen and oxygen atoms in total. The number of benzene rings is 2. The highest BCUT2D eigenvalue weighted by atomic mass is 35.5. The molecule has 1 aromatic heterocycles. The third kappa shape index (κ3) is 3.81. The number of fused-ring (bicyclic) bond motifs is 1. The van der Waals surface area contributed by atoms with E-state index >= 15 is 0 Å². The molecule has 2 aromatic carbocycles. The zero-order valence-corrected chi connectivity index (χ0v) is 16.4. The predicted octanol–water partition coefficient (Wildman–Crippen LogP) is 6.42. The molecule has 0 saturated heterocycles. The van der Waals surface area contributed by atoms with Crippen molar-refractivity contribution in [2.24, 2.45) is 0 Å². The van der Waals surface area contributed by atoms with Gasteiger partial charge in [0.15, 0.2) is 0 Å². The molecule has 0 fully saturated rings. The van der Waals surface area contributed by atoms with Crippen LogP contribution in [0.1, 0.15) is 28.5 Å². The number of H-pyrrole nitrogens is 1. The van der Waals surface area contributed by atoms with Gasteiger partial charge in [0.1, 0.15) is 5.69 Å². The van der Waals surface area contributed by atoms with Gasteiger partial charge in [0.2, 0.25) is 0 Å². The Hall–Kier alpha value is -1.62. The smallest absolute Gasteiger partial charge is 0.355 e. The number of ether oxygens (including phenoxy) is 1. The van der Waals surface area contributed by atoms with Crippen molar-refractivity contribution >= 4 is 51.8 Å². The van der Waals surface area contributed by atoms with Crippen molar-refractivity contribution in [1.82, 2.24) is 4.98 Å². The summed E-state index contributed by atoms with van der Waals surface area (Å²) in [6.07, 6.45) is 0. The normalized spacial score (nSPS) is 11.1. The number of halogens is 2. The Morgan fingerprint density at radius 1 is 1.08 bits per heavy atom. The van der Waals surface area contributed by atoms with Gasteiger partial charge < -0.3 is 9.72 Å². The second kappa shape index (κ2) is 7.32. The van der Waals surface area contributed by atoms with Crippen molar-refractivity contribution in [3.63, 3.8) is 0 Å². The van der Waals surface area contributed by atoms with E-state index in [9.17, 15) is 4.79 Å². The number of carbonyl (C=O) groups excluding carboxylic acids is 1. The lowest BCUT2D eigenvalue weighted by Gasteiger charge is -2.07. The fourth-order valence-electron chi connectivity index (χ4n) is 2.73. The van der Waals surface area contributed by atoms with Gasteiger partial charge in [-0.15, -0.1) is 0 Å². The Bertz CT molecular complexity index is 945. The van der Waals surface area contributed by atoms with E-state index in [1.165, 1.54) is 22.9 Å². The number of nitrogens with one attached hydrogen (secondary N) is 1. The van der Waals surface area contributed by atoms with E-state index in [0.717, 1.165) is 20.7 Å². The molecule has 0 amide bonds. The molecule has 0 spiro atoms. The Morgan fingerprint density at radius 2 is 1.72 bits per heavy atom. The third-order valence-corrected chi connectivity index (χ3v) is 5.51. The first kappa shape index (κ1) is 18.2. The Kier molecular flexibility index (Phi) is 5.32. The molecule has 0 bridgehead atoms. The number of rotatable bonds is 4. The average Bonchev–Trinajstić information content (AvgIpc) is 2.85. The molecule has 6 heteroatoms. The van der Waals surface area contributed by atoms with Gasteiger partial charge in [-0.05, 0) is 56.2 Å². The molecule has 0 aliphatic carbocycles. The van der Waals surface area contributed by atoms with Crippen molar-refractivity contribution < 1.29 is 9.53 Å². The second-order valence-electron chi connectivity index (χ2n) is 5.79. The summed E-state index contributed by atoms with van der Waals surface area (Å²) in [4.78, 5) is 17.4. The standard InChI is InChI=1S/C19H17Cl2NO2S/c1-4-24-19(23)17-18(25-12-6-10(2)5-11(3)7-12)13-8-14(20)15(21)9-16(13)22-17/h5-9,22H,4H2,1-3H3. The Morgan fingerprint density at radius 3 is 2.36 bits per heavy atom. The highest BCUT2D eigenvalue weighted by molar-refractivity contribution is 7.99. The van der Waals surface area contributed by atoms with Crippen LogP contribution in [0, 0.1) is 13.8 Å². The van der Waals surface area contributed by atoms with Gasteiger partial charge in [-0.25, -0.2) is 4.79 Å². The van der Waals surface area contributed by atoms with Crippen LogP contribution in [0.15, 0.2) is 40.1 Å². The van der Waals surface area contributed by atoms with Gasteiger partial charge in [0.25, 0.3) is 0 Å². The van der Waals surface area contributed by atoms with Crippen LogP contribution in [0.3, 0.4) is 0 Å². The van der Waals surface area contributed by atoms with Crippen LogP contribution in [0.5, 0.6) is 0 Å². The minimum atomic E-state index is -0.391. The fraction of sp³-hybridized carbons (Fsp3) is 0.211. The molecule has 0 aliphatic heterocycles. The highest BCUT2D eigenvalue weighted by Crippen LogP contribution is 2.40. The van der Waals surface area contributed by atoms with E-state index < -0.39 is 5.97 Å². The van der Waals surface area contributed by atoms with Crippen molar-refractivity contribution in [1.29, 1.82) is 0 Å². The zero-order chi connectivity index (χ0) is 18.1. The molecule has 25 heavy (non-hydrogen) atoms. The SMILES string of the molecule is CCOC(=O)c1[nH]c2cc(Cl)c(Cl)cc2c1Sc1cc(C)cc(C)c1. The van der Waals surface area contributed by atoms with Crippen molar-refractivity contribution in [3.8, 4) is 0 Å². The van der Waals surface area contributed by atoms with E-state index in [1.54, 1.807) is 19.1 Å². The molecule has 0 unspecified atom stereocenters. The maximum atomic E-state index is 12.4. The number of hydrogen-bond acceptors (Lipinski definition) is 3. The lowest BCUT2D eigenvalue weighted by Crippen LogP contribution is -2.06. The first-order valence-electron chi connectivity index (χ1n) is 7.83. The van der Waals surface area contributed by atoms with Gasteiger partial charge in [0.05, 0.1) is 21.5 Å². The van der Waals surface area contributed by atoms with Crippen LogP contribution in [0.25, 0.3) is 10.9 Å². The van der Waals surface area contributed by atoms with E-state index in [1.807, 2.05) is 0 Å². The van der Waals surface area contributed by atoms with E-state index in [-0.39, 0.29) is 0 Å². The van der Waals surface area contributed by atoms with Crippen LogP contribution in [0.2, 0.25) is 10.0 Å². The summed E-state index contributed by atoms with van der Waals surface area (Å²) >= 11 is 13.8. The molecular formula is C19H17Cl2NO2S. The quantitative estimate of drug-likeness (QED) is 0.519. The largest absolute Gasteiger partial charge is 0.461 e. The summed E-state index contributed by atoms with van der Waals surface area (Å²) in [5.41, 5.74) is 3.51. The van der Waals surface area contributed by atoms with Crippen LogP contribution in [-0.4, -0.2) is 17.6 Å². The van der Waals surface area contributed by atoms with Crippen LogP contribution in [0.4, 0.5) is 0 Å². The van der Waals surface area contributed by atoms with E-state index in [4.69, 9.17) is 27.9 Å². The fourth-order valence-corrected chi connectivity index (χ4v) is 4.29. The lowest BCUT2D eigenvalue weighted by molar-refractivity contribution is 0.0516. The summed E-state index contributed by atoms with van der Waals surface area (Å²) in [5.74, 6) is -0.391. The van der Waals surface area contributed by atoms with Crippen molar-refractivity contribution in [3.05, 3.63) is 57.2 Å². The lowest BCUT2D eigenvalue weighted by atomic mass is 10.2. The van der Waals surface area contributed by atoms with Crippen molar-refractivity contribution in [2.75, 3.05) is 6.61 Å². The number of hydrogen-bond donors (Lipinski definition) is 1. The Labute approximate surface area is 160 Å². The second-order valence-corrected chi connectivity index (χ2v) is 7.69. The molecule has 1 heterocycles. The first-order chi connectivity index (χ1) is 11.9. The number of aromatic amines is 1. The maximum absolute atomic E-state index is 12.4. The number of aromatic nitrogens is 1. The minimum Gasteiger partial charge on any atom is -0.461 e.